The van der Waals surface area contributed by atoms with Gasteiger partial charge in [-0.1, -0.05) is 60.1 Å². The molecule has 49 heteroatoms. The van der Waals surface area contributed by atoms with Crippen LogP contribution in [-0.4, -0.2) is 272 Å². The first-order valence-electron chi connectivity index (χ1n) is 41.3. The Morgan fingerprint density at radius 3 is 1.12 bits per heavy atom. The Bertz CT molecular complexity index is 4000. The number of carbonyl (C=O) groups is 21. The Morgan fingerprint density at radius 2 is 0.717 bits per heavy atom. The number of hydrogen-bond acceptors (Lipinski definition) is 26. The van der Waals surface area contributed by atoms with Crippen LogP contribution in [0.2, 0.25) is 0 Å². The summed E-state index contributed by atoms with van der Waals surface area (Å²) < 4.78 is 0. The van der Waals surface area contributed by atoms with Crippen molar-refractivity contribution in [3.05, 3.63) is 29.8 Å². The zero-order valence-electron chi connectivity index (χ0n) is 73.1. The second-order valence-electron chi connectivity index (χ2n) is 31.6. The number of aliphatic hydroxyl groups excluding tert-OH is 1. The molecule has 0 aliphatic rings. The van der Waals surface area contributed by atoms with E-state index in [1.807, 2.05) is 0 Å². The Kier molecular flexibility index (Phi) is 50.1. The smallest absolute Gasteiger partial charge is 0.326 e. The highest BCUT2D eigenvalue weighted by Gasteiger charge is 2.40. The number of aliphatic hydroxyl groups is 1. The molecule has 18 atom stereocenters. The van der Waals surface area contributed by atoms with Crippen LogP contribution in [0.4, 0.5) is 0 Å². The molecule has 18 unspecified atom stereocenters. The van der Waals surface area contributed by atoms with Gasteiger partial charge in [0.1, 0.15) is 96.4 Å². The molecule has 1 rings (SSSR count). The fraction of sp³-hybridized carbons (Fsp3) is 0.641. The van der Waals surface area contributed by atoms with E-state index in [9.17, 15) is 126 Å². The molecule has 0 fully saturated rings. The van der Waals surface area contributed by atoms with Gasteiger partial charge in [0.15, 0.2) is 5.96 Å². The molecule has 0 aliphatic carbocycles. The van der Waals surface area contributed by atoms with E-state index < -0.39 is 302 Å². The number of nitrogens with two attached hydrogens (primary N) is 6. The molecule has 1 aromatic rings. The van der Waals surface area contributed by atoms with Gasteiger partial charge in [-0.2, -0.15) is 0 Å². The first-order valence-corrected chi connectivity index (χ1v) is 41.3. The predicted octanol–water partition coefficient (Wildman–Crippen LogP) is -8.64. The van der Waals surface area contributed by atoms with Gasteiger partial charge in [-0.15, -0.1) is 0 Å². The van der Waals surface area contributed by atoms with Crippen molar-refractivity contribution < 1.29 is 126 Å². The fourth-order valence-electron chi connectivity index (χ4n) is 12.0. The maximum Gasteiger partial charge on any atom is 0.326 e. The van der Waals surface area contributed by atoms with Crippen LogP contribution in [0.25, 0.3) is 0 Å². The van der Waals surface area contributed by atoms with Crippen molar-refractivity contribution in [3.63, 3.8) is 0 Å². The average molecular weight is 1810 g/mol. The van der Waals surface area contributed by atoms with Gasteiger partial charge >= 0.3 is 17.9 Å². The molecule has 0 aromatic heterocycles. The van der Waals surface area contributed by atoms with Crippen molar-refractivity contribution >= 4 is 130 Å². The Balaban J connectivity index is 3.67. The predicted molar refractivity (Wildman–Crippen MR) is 451 cm³/mol. The summed E-state index contributed by atoms with van der Waals surface area (Å²) in [6.45, 7) is 15.7. The lowest BCUT2D eigenvalue weighted by Crippen LogP contribution is -2.61. The molecule has 1 aromatic carbocycles. The summed E-state index contributed by atoms with van der Waals surface area (Å²) in [7, 11) is 0. The number of primary amides is 3. The second kappa shape index (κ2) is 56.8. The van der Waals surface area contributed by atoms with Gasteiger partial charge in [-0.05, 0) is 141 Å². The fourth-order valence-corrected chi connectivity index (χ4v) is 12.0. The van der Waals surface area contributed by atoms with Crippen LogP contribution in [0, 0.1) is 23.2 Å². The van der Waals surface area contributed by atoms with E-state index in [-0.39, 0.29) is 63.8 Å². The summed E-state index contributed by atoms with van der Waals surface area (Å²) in [5.41, 5.74) is 33.0. The van der Waals surface area contributed by atoms with E-state index in [4.69, 9.17) is 39.8 Å². The summed E-state index contributed by atoms with van der Waals surface area (Å²) in [5.74, 6) is -26.4. The number of hydrogen-bond donors (Lipinski definition) is 28. The molecule has 34 N–H and O–H groups in total. The monoisotopic (exact) mass is 1800 g/mol. The molecule has 18 amide bonds. The van der Waals surface area contributed by atoms with Crippen LogP contribution in [0.15, 0.2) is 24.3 Å². The van der Waals surface area contributed by atoms with Gasteiger partial charge in [0, 0.05) is 32.2 Å². The van der Waals surface area contributed by atoms with Crippen molar-refractivity contribution in [2.75, 3.05) is 13.1 Å². The molecule has 0 heterocycles. The number of aliphatic carboxylic acids is 3. The molecule has 0 spiro atoms. The molecule has 49 nitrogen and oxygen atoms in total. The molecular weight excluding hydrogens is 1670 g/mol. The number of carboxylic acid groups (broad SMARTS) is 3. The Labute approximate surface area is 733 Å². The minimum Gasteiger partial charge on any atom is -0.508 e. The highest BCUT2D eigenvalue weighted by Crippen LogP contribution is 2.17. The number of nitrogens with one attached hydrogen (secondary N) is 17. The second-order valence-corrected chi connectivity index (χ2v) is 31.6. The number of carbonyl (C=O) groups excluding carboxylic acids is 18. The number of unbranched alkanes of at least 4 members (excludes halogenated alkanes) is 1. The minimum atomic E-state index is -2.01. The molecular formula is C78H129N23O26. The van der Waals surface area contributed by atoms with Crippen LogP contribution >= 0.6 is 0 Å². The summed E-state index contributed by atoms with van der Waals surface area (Å²) >= 11 is 0. The summed E-state index contributed by atoms with van der Waals surface area (Å²) in [6.07, 6.45) is -7.41. The SMILES string of the molecule is CCC(C)C(NC(=O)C(CC(C)C)NC(=O)C(CC(=O)O)NC(=O)C(C)NC(=O)C(CCCNC(=N)N)NC(=O)C(CCC(=O)O)NC(=O)C(CC(N)=O)NC(=O)C(C)N)C(=O)NC(C)C(=O)NC(Cc1ccc(O)cc1)C(=O)NC(CC(C)C)C(=O)NC(CCC(N)=O)C(=O)NC(CCC(N)=O)C(=O)NC(C)C(=O)NC(C(=O)NC(CCCCN)C(=O)O)C(C)O. The van der Waals surface area contributed by atoms with Gasteiger partial charge < -0.3 is 145 Å². The first kappa shape index (κ1) is 112. The van der Waals surface area contributed by atoms with E-state index in [1.165, 1.54) is 38.1 Å². The van der Waals surface area contributed by atoms with Gasteiger partial charge in [-0.3, -0.25) is 101 Å². The molecule has 0 saturated heterocycles. The van der Waals surface area contributed by atoms with Crippen molar-refractivity contribution in [2.45, 2.75) is 288 Å². The Hall–Kier alpha value is -13.0. The van der Waals surface area contributed by atoms with Crippen molar-refractivity contribution in [3.8, 4) is 5.75 Å². The molecule has 0 bridgehead atoms. The van der Waals surface area contributed by atoms with Crippen LogP contribution < -0.4 is 119 Å². The van der Waals surface area contributed by atoms with E-state index in [2.05, 4.69) is 85.1 Å². The summed E-state index contributed by atoms with van der Waals surface area (Å²) in [4.78, 5) is 282. The third kappa shape index (κ3) is 44.0. The highest BCUT2D eigenvalue weighted by atomic mass is 16.4. The van der Waals surface area contributed by atoms with E-state index in [0.717, 1.165) is 20.8 Å². The summed E-state index contributed by atoms with van der Waals surface area (Å²) in [5, 5.41) is 95.4. The van der Waals surface area contributed by atoms with Crippen molar-refractivity contribution in [1.29, 1.82) is 5.41 Å². The number of aromatic hydroxyl groups is 1. The molecule has 127 heavy (non-hydrogen) atoms. The maximum atomic E-state index is 14.7. The number of rotatable bonds is 61. The third-order valence-corrected chi connectivity index (χ3v) is 19.3. The molecule has 712 valence electrons. The maximum absolute atomic E-state index is 14.7. The van der Waals surface area contributed by atoms with Gasteiger partial charge in [0.05, 0.1) is 25.0 Å². The zero-order valence-corrected chi connectivity index (χ0v) is 73.1. The standard InChI is InChI=1S/C78H129N23O26/c1-12-37(6)60(100-74(123)51(31-36(4)5)99-73(122)54(34-59(109)110)97-63(112)39(8)87-66(115)45(17-15-29-86-78(84)85)90-69(118)48(24-27-58(107)108)93-72(121)53(33-57(83)106)95-62(111)38(7)80)75(124)89-40(9)64(113)96-52(32-43-18-20-44(103)21-19-43)71(120)98-50(30-35(2)3)70(119)92-47(23-26-56(82)105)68(117)91-46(22-25-55(81)104)67(116)88-41(10)65(114)101-61(42(11)102)76(125)94-49(77(126)127)16-13-14-28-79/h18-21,35-42,45-54,60-61,102-103H,12-17,22-34,79-80H2,1-11H3,(H2,81,104)(H2,82,105)(H2,83,106)(H,87,115)(H,88,116)(H,89,124)(H,90,118)(H,91,117)(H,92,119)(H,93,121)(H,94,125)(H,95,111)(H,96,113)(H,97,112)(H,98,120)(H,99,122)(H,100,123)(H,101,114)(H,107,108)(H,109,110)(H,126,127)(H4,84,85,86). The minimum absolute atomic E-state index is 0.0421. The highest BCUT2D eigenvalue weighted by molar-refractivity contribution is 6.02. The van der Waals surface area contributed by atoms with Crippen molar-refractivity contribution in [2.24, 2.45) is 52.2 Å². The number of carboxylic acids is 3. The van der Waals surface area contributed by atoms with E-state index >= 15 is 0 Å². The lowest BCUT2D eigenvalue weighted by atomic mass is 9.96. The van der Waals surface area contributed by atoms with Gasteiger partial charge in [0.25, 0.3) is 0 Å². The van der Waals surface area contributed by atoms with E-state index in [0.29, 0.717) is 18.4 Å². The lowest BCUT2D eigenvalue weighted by Gasteiger charge is -2.29. The molecule has 0 radical (unpaired) electrons. The van der Waals surface area contributed by atoms with Gasteiger partial charge in [-0.25, -0.2) is 4.79 Å². The van der Waals surface area contributed by atoms with Crippen LogP contribution in [-0.2, 0) is 107 Å². The number of phenolic OH excluding ortho intramolecular Hbond substituents is 1. The summed E-state index contributed by atoms with van der Waals surface area (Å²) in [6, 6.07) is -20.9. The normalized spacial score (nSPS) is 15.3. The number of benzene rings is 1. The quantitative estimate of drug-likeness (QED) is 0.0164. The average Bonchev–Trinajstić information content (AvgIpc) is 0.830. The van der Waals surface area contributed by atoms with Crippen LogP contribution in [0.1, 0.15) is 184 Å². The molecule has 0 aliphatic heterocycles. The first-order chi connectivity index (χ1) is 59.2. The Morgan fingerprint density at radius 1 is 0.370 bits per heavy atom. The lowest BCUT2D eigenvalue weighted by molar-refractivity contribution is -0.143. The third-order valence-electron chi connectivity index (χ3n) is 19.3. The number of guanidine groups is 1. The van der Waals surface area contributed by atoms with Crippen LogP contribution in [0.3, 0.4) is 0 Å². The largest absolute Gasteiger partial charge is 0.508 e. The molecule has 0 saturated carbocycles. The van der Waals surface area contributed by atoms with Crippen LogP contribution in [0.5, 0.6) is 5.75 Å². The topological polar surface area (TPSA) is 832 Å². The van der Waals surface area contributed by atoms with Crippen molar-refractivity contribution in [1.82, 2.24) is 85.1 Å². The zero-order chi connectivity index (χ0) is 97.0. The van der Waals surface area contributed by atoms with Gasteiger partial charge in [0.2, 0.25) is 106 Å². The number of phenols is 1. The number of amides is 18. The van der Waals surface area contributed by atoms with E-state index in [1.54, 1.807) is 41.5 Å².